The van der Waals surface area contributed by atoms with Crippen molar-refractivity contribution in [1.29, 1.82) is 0 Å². The van der Waals surface area contributed by atoms with Crippen LogP contribution in [0.5, 0.6) is 0 Å². The number of hydrogen-bond donors (Lipinski definition) is 3. The number of amides is 2. The van der Waals surface area contributed by atoms with E-state index in [1.807, 2.05) is 6.92 Å². The number of furan rings is 1. The molecule has 2 aromatic rings. The summed E-state index contributed by atoms with van der Waals surface area (Å²) in [6, 6.07) is 9.75. The van der Waals surface area contributed by atoms with Gasteiger partial charge in [0.25, 0.3) is 5.91 Å². The minimum absolute atomic E-state index is 0.0988. The molecule has 1 atom stereocenters. The Balaban J connectivity index is 1.91. The molecule has 1 aromatic heterocycles. The van der Waals surface area contributed by atoms with Gasteiger partial charge >= 0.3 is 0 Å². The molecule has 24 heavy (non-hydrogen) atoms. The molecule has 0 saturated carbocycles. The topological polar surface area (TPSA) is 91.6 Å². The van der Waals surface area contributed by atoms with Crippen molar-refractivity contribution in [3.05, 3.63) is 60.1 Å². The number of hydrogen-bond acceptors (Lipinski definition) is 4. The molecule has 6 heteroatoms. The van der Waals surface area contributed by atoms with E-state index in [0.717, 1.165) is 0 Å². The average molecular weight is 328 g/mol. The Morgan fingerprint density at radius 1 is 1.25 bits per heavy atom. The van der Waals surface area contributed by atoms with Crippen LogP contribution in [0.1, 0.15) is 29.5 Å². The first-order chi connectivity index (χ1) is 11.6. The molecule has 0 aliphatic heterocycles. The van der Waals surface area contributed by atoms with Crippen LogP contribution >= 0.6 is 0 Å². The Labute approximate surface area is 140 Å². The second kappa shape index (κ2) is 8.69. The second-order valence-corrected chi connectivity index (χ2v) is 5.18. The molecular formula is C18H20N2O4. The molecule has 0 aliphatic carbocycles. The molecule has 1 heterocycles. The maximum absolute atomic E-state index is 12.0. The van der Waals surface area contributed by atoms with Crippen LogP contribution in [-0.4, -0.2) is 29.6 Å². The van der Waals surface area contributed by atoms with E-state index in [2.05, 4.69) is 10.6 Å². The molecule has 1 unspecified atom stereocenters. The van der Waals surface area contributed by atoms with Crippen LogP contribution < -0.4 is 10.6 Å². The fraction of sp³-hybridized carbons (Fsp3) is 0.222. The highest BCUT2D eigenvalue weighted by molar-refractivity contribution is 6.02. The Kier molecular flexibility index (Phi) is 6.33. The summed E-state index contributed by atoms with van der Waals surface area (Å²) < 4.78 is 5.10. The van der Waals surface area contributed by atoms with Crippen molar-refractivity contribution < 1.29 is 19.1 Å². The molecule has 0 saturated heterocycles. The number of carbonyl (C=O) groups excluding carboxylic acids is 2. The summed E-state index contributed by atoms with van der Waals surface area (Å²) in [5.74, 6) is 0.0351. The maximum Gasteiger partial charge on any atom is 0.251 e. The first-order valence-electron chi connectivity index (χ1n) is 7.66. The lowest BCUT2D eigenvalue weighted by Gasteiger charge is -2.14. The summed E-state index contributed by atoms with van der Waals surface area (Å²) in [5, 5.41) is 14.5. The van der Waals surface area contributed by atoms with E-state index in [1.54, 1.807) is 42.5 Å². The van der Waals surface area contributed by atoms with Gasteiger partial charge in [0.15, 0.2) is 0 Å². The van der Waals surface area contributed by atoms with E-state index in [-0.39, 0.29) is 24.5 Å². The van der Waals surface area contributed by atoms with Gasteiger partial charge in [0.05, 0.1) is 18.9 Å². The lowest BCUT2D eigenvalue weighted by molar-refractivity contribution is -0.111. The number of benzene rings is 1. The van der Waals surface area contributed by atoms with Gasteiger partial charge < -0.3 is 20.2 Å². The van der Waals surface area contributed by atoms with Gasteiger partial charge in [0.2, 0.25) is 5.91 Å². The lowest BCUT2D eigenvalue weighted by Crippen LogP contribution is -2.36. The largest absolute Gasteiger partial charge is 0.465 e. The van der Waals surface area contributed by atoms with E-state index >= 15 is 0 Å². The summed E-state index contributed by atoms with van der Waals surface area (Å²) in [7, 11) is 0. The molecule has 2 amide bonds. The summed E-state index contributed by atoms with van der Waals surface area (Å²) in [6.07, 6.45) is 5.11. The van der Waals surface area contributed by atoms with Crippen molar-refractivity contribution in [2.75, 3.05) is 11.9 Å². The molecule has 0 spiro atoms. The molecule has 2 rings (SSSR count). The molecule has 3 N–H and O–H groups in total. The zero-order valence-corrected chi connectivity index (χ0v) is 13.4. The third-order valence-electron chi connectivity index (χ3n) is 3.41. The predicted octanol–water partition coefficient (Wildman–Crippen LogP) is 2.43. The lowest BCUT2D eigenvalue weighted by atomic mass is 10.1. The van der Waals surface area contributed by atoms with E-state index in [0.29, 0.717) is 23.4 Å². The molecule has 0 bridgehead atoms. The first kappa shape index (κ1) is 17.5. The quantitative estimate of drug-likeness (QED) is 0.681. The Morgan fingerprint density at radius 3 is 2.58 bits per heavy atom. The van der Waals surface area contributed by atoms with Gasteiger partial charge in [-0.3, -0.25) is 9.59 Å². The van der Waals surface area contributed by atoms with Gasteiger partial charge in [0.1, 0.15) is 5.76 Å². The highest BCUT2D eigenvalue weighted by atomic mass is 16.3. The SMILES string of the molecule is CCC(CO)NC(=O)c1ccc(NC(=O)/C=C/c2ccco2)cc1. The monoisotopic (exact) mass is 328 g/mol. The highest BCUT2D eigenvalue weighted by Gasteiger charge is 2.11. The Morgan fingerprint density at radius 2 is 2.00 bits per heavy atom. The van der Waals surface area contributed by atoms with Crippen molar-refractivity contribution in [3.8, 4) is 0 Å². The minimum atomic E-state index is -0.296. The van der Waals surface area contributed by atoms with Crippen molar-refractivity contribution in [1.82, 2.24) is 5.32 Å². The summed E-state index contributed by atoms with van der Waals surface area (Å²) in [6.45, 7) is 1.79. The Hall–Kier alpha value is -2.86. The molecule has 6 nitrogen and oxygen atoms in total. The fourth-order valence-corrected chi connectivity index (χ4v) is 1.98. The van der Waals surface area contributed by atoms with Crippen LogP contribution in [0.15, 0.2) is 53.2 Å². The standard InChI is InChI=1S/C18H20N2O4/c1-2-14(12-21)20-18(23)13-5-7-15(8-6-13)19-17(22)10-9-16-4-3-11-24-16/h3-11,14,21H,2,12H2,1H3,(H,19,22)(H,20,23)/b10-9+. The number of nitrogens with one attached hydrogen (secondary N) is 2. The smallest absolute Gasteiger partial charge is 0.251 e. The van der Waals surface area contributed by atoms with Gasteiger partial charge in [0, 0.05) is 17.3 Å². The van der Waals surface area contributed by atoms with E-state index in [1.165, 1.54) is 12.3 Å². The third-order valence-corrected chi connectivity index (χ3v) is 3.41. The van der Waals surface area contributed by atoms with Crippen LogP contribution in [0.25, 0.3) is 6.08 Å². The number of carbonyl (C=O) groups is 2. The third kappa shape index (κ3) is 5.10. The molecule has 0 radical (unpaired) electrons. The highest BCUT2D eigenvalue weighted by Crippen LogP contribution is 2.10. The molecular weight excluding hydrogens is 308 g/mol. The average Bonchev–Trinajstić information content (AvgIpc) is 3.12. The predicted molar refractivity (Wildman–Crippen MR) is 91.4 cm³/mol. The zero-order chi connectivity index (χ0) is 17.4. The van der Waals surface area contributed by atoms with Crippen molar-refractivity contribution >= 4 is 23.6 Å². The van der Waals surface area contributed by atoms with Gasteiger partial charge in [-0.2, -0.15) is 0 Å². The second-order valence-electron chi connectivity index (χ2n) is 5.18. The van der Waals surface area contributed by atoms with E-state index < -0.39 is 0 Å². The summed E-state index contributed by atoms with van der Waals surface area (Å²) >= 11 is 0. The molecule has 126 valence electrons. The zero-order valence-electron chi connectivity index (χ0n) is 13.4. The van der Waals surface area contributed by atoms with Crippen LogP contribution in [0.4, 0.5) is 5.69 Å². The van der Waals surface area contributed by atoms with Crippen LogP contribution in [0.2, 0.25) is 0 Å². The van der Waals surface area contributed by atoms with Crippen LogP contribution in [0, 0.1) is 0 Å². The molecule has 1 aromatic carbocycles. The molecule has 0 aliphatic rings. The van der Waals surface area contributed by atoms with Crippen LogP contribution in [-0.2, 0) is 4.79 Å². The van der Waals surface area contributed by atoms with Gasteiger partial charge in [-0.05, 0) is 48.9 Å². The summed E-state index contributed by atoms with van der Waals surface area (Å²) in [5.41, 5.74) is 1.04. The maximum atomic E-state index is 12.0. The summed E-state index contributed by atoms with van der Waals surface area (Å²) in [4.78, 5) is 23.8. The van der Waals surface area contributed by atoms with E-state index in [4.69, 9.17) is 9.52 Å². The normalized spacial score (nSPS) is 12.1. The van der Waals surface area contributed by atoms with Gasteiger partial charge in [-0.1, -0.05) is 6.92 Å². The number of rotatable bonds is 7. The van der Waals surface area contributed by atoms with Gasteiger partial charge in [-0.25, -0.2) is 0 Å². The fourth-order valence-electron chi connectivity index (χ4n) is 1.98. The number of aliphatic hydroxyl groups is 1. The minimum Gasteiger partial charge on any atom is -0.465 e. The van der Waals surface area contributed by atoms with Crippen molar-refractivity contribution in [2.45, 2.75) is 19.4 Å². The van der Waals surface area contributed by atoms with Crippen LogP contribution in [0.3, 0.4) is 0 Å². The number of aliphatic hydroxyl groups excluding tert-OH is 1. The van der Waals surface area contributed by atoms with Crippen molar-refractivity contribution in [2.24, 2.45) is 0 Å². The Bertz CT molecular complexity index is 686. The number of anilines is 1. The van der Waals surface area contributed by atoms with Crippen molar-refractivity contribution in [3.63, 3.8) is 0 Å². The van der Waals surface area contributed by atoms with Gasteiger partial charge in [-0.15, -0.1) is 0 Å². The van der Waals surface area contributed by atoms with E-state index in [9.17, 15) is 9.59 Å². The molecule has 0 fully saturated rings. The first-order valence-corrected chi connectivity index (χ1v) is 7.66.